The summed E-state index contributed by atoms with van der Waals surface area (Å²) in [5.41, 5.74) is 0.0534. The number of amides is 1. The first-order valence-corrected chi connectivity index (χ1v) is 6.36. The van der Waals surface area contributed by atoms with E-state index in [1.807, 2.05) is 31.2 Å². The van der Waals surface area contributed by atoms with Crippen molar-refractivity contribution in [3.63, 3.8) is 0 Å². The number of hydrogen-bond donors (Lipinski definition) is 1. The molecule has 0 bridgehead atoms. The van der Waals surface area contributed by atoms with E-state index in [0.717, 1.165) is 11.3 Å². The number of aliphatic hydroxyl groups is 1. The van der Waals surface area contributed by atoms with Gasteiger partial charge in [0.25, 0.3) is 0 Å². The maximum absolute atomic E-state index is 12.3. The molecule has 0 saturated carbocycles. The quantitative estimate of drug-likeness (QED) is 0.886. The van der Waals surface area contributed by atoms with Gasteiger partial charge in [0, 0.05) is 13.6 Å². The van der Waals surface area contributed by atoms with E-state index >= 15 is 0 Å². The van der Waals surface area contributed by atoms with E-state index in [9.17, 15) is 9.90 Å². The van der Waals surface area contributed by atoms with Crippen molar-refractivity contribution in [2.45, 2.75) is 32.3 Å². The van der Waals surface area contributed by atoms with Crippen LogP contribution in [0.15, 0.2) is 24.3 Å². The molecule has 0 aliphatic carbocycles. The highest BCUT2D eigenvalue weighted by Gasteiger charge is 2.24. The molecule has 0 aromatic heterocycles. The molecule has 106 valence electrons. The third-order valence-corrected chi connectivity index (χ3v) is 2.99. The second-order valence-electron chi connectivity index (χ2n) is 5.50. The van der Waals surface area contributed by atoms with Crippen molar-refractivity contribution in [2.24, 2.45) is 0 Å². The second kappa shape index (κ2) is 6.06. The normalized spacial score (nSPS) is 12.9. The molecule has 0 aliphatic rings. The molecule has 1 aromatic rings. The molecule has 0 radical (unpaired) electrons. The van der Waals surface area contributed by atoms with E-state index in [1.54, 1.807) is 32.9 Å². The molecule has 1 atom stereocenters. The Bertz CT molecular complexity index is 420. The molecule has 1 amide bonds. The number of benzene rings is 1. The fourth-order valence-corrected chi connectivity index (χ4v) is 2.02. The highest BCUT2D eigenvalue weighted by atomic mass is 16.5. The van der Waals surface area contributed by atoms with Crippen molar-refractivity contribution in [3.05, 3.63) is 29.8 Å². The van der Waals surface area contributed by atoms with Crippen LogP contribution < -0.4 is 4.74 Å². The predicted molar refractivity (Wildman–Crippen MR) is 75.3 cm³/mol. The zero-order valence-electron chi connectivity index (χ0n) is 12.3. The summed E-state index contributed by atoms with van der Waals surface area (Å²) in [4.78, 5) is 13.8. The molecule has 1 unspecified atom stereocenters. The largest absolute Gasteiger partial charge is 0.497 e. The molecule has 4 heteroatoms. The average Bonchev–Trinajstić information content (AvgIpc) is 2.35. The van der Waals surface area contributed by atoms with E-state index in [4.69, 9.17) is 4.74 Å². The standard InChI is InChI=1S/C15H23NO3/c1-11(12-6-8-13(19-5)9-7-12)14(17)16(4)10-15(2,3)18/h6-9,11,18H,10H2,1-5H3. The number of carbonyl (C=O) groups is 1. The molecule has 0 aliphatic heterocycles. The fourth-order valence-electron chi connectivity index (χ4n) is 2.02. The van der Waals surface area contributed by atoms with Gasteiger partial charge in [-0.2, -0.15) is 0 Å². The van der Waals surface area contributed by atoms with Crippen LogP contribution in [0.5, 0.6) is 5.75 Å². The SMILES string of the molecule is COc1ccc(C(C)C(=O)N(C)CC(C)(C)O)cc1. The first-order valence-electron chi connectivity index (χ1n) is 6.36. The zero-order valence-corrected chi connectivity index (χ0v) is 12.3. The Morgan fingerprint density at radius 2 is 1.89 bits per heavy atom. The minimum Gasteiger partial charge on any atom is -0.497 e. The lowest BCUT2D eigenvalue weighted by Gasteiger charge is -2.28. The van der Waals surface area contributed by atoms with Crippen molar-refractivity contribution in [3.8, 4) is 5.75 Å². The molecule has 0 heterocycles. The summed E-state index contributed by atoms with van der Waals surface area (Å²) in [7, 11) is 3.32. The topological polar surface area (TPSA) is 49.8 Å². The highest BCUT2D eigenvalue weighted by Crippen LogP contribution is 2.21. The third kappa shape index (κ3) is 4.56. The predicted octanol–water partition coefficient (Wildman–Crippen LogP) is 2.03. The summed E-state index contributed by atoms with van der Waals surface area (Å²) in [6.45, 7) is 5.56. The maximum atomic E-state index is 12.3. The van der Waals surface area contributed by atoms with Gasteiger partial charge >= 0.3 is 0 Å². The van der Waals surface area contributed by atoms with E-state index in [0.29, 0.717) is 6.54 Å². The van der Waals surface area contributed by atoms with Gasteiger partial charge < -0.3 is 14.7 Å². The molecule has 0 spiro atoms. The van der Waals surface area contributed by atoms with Gasteiger partial charge in [0.15, 0.2) is 0 Å². The van der Waals surface area contributed by atoms with Crippen molar-refractivity contribution >= 4 is 5.91 Å². The first-order chi connectivity index (χ1) is 8.74. The molecular weight excluding hydrogens is 242 g/mol. The molecule has 1 aromatic carbocycles. The fraction of sp³-hybridized carbons (Fsp3) is 0.533. The lowest BCUT2D eigenvalue weighted by molar-refractivity contribution is -0.133. The number of ether oxygens (including phenoxy) is 1. The zero-order chi connectivity index (χ0) is 14.6. The van der Waals surface area contributed by atoms with Gasteiger partial charge in [-0.1, -0.05) is 12.1 Å². The summed E-state index contributed by atoms with van der Waals surface area (Å²) in [5.74, 6) is 0.527. The van der Waals surface area contributed by atoms with Crippen LogP contribution in [-0.2, 0) is 4.79 Å². The molecule has 0 fully saturated rings. The Hall–Kier alpha value is -1.55. The molecule has 1 rings (SSSR count). The van der Waals surface area contributed by atoms with E-state index in [-0.39, 0.29) is 11.8 Å². The van der Waals surface area contributed by atoms with E-state index in [2.05, 4.69) is 0 Å². The summed E-state index contributed by atoms with van der Waals surface area (Å²) in [6.07, 6.45) is 0. The first kappa shape index (κ1) is 15.5. The van der Waals surface area contributed by atoms with Gasteiger partial charge in [-0.15, -0.1) is 0 Å². The Kier molecular flexibility index (Phi) is 4.95. The number of nitrogens with zero attached hydrogens (tertiary/aromatic N) is 1. The van der Waals surface area contributed by atoms with Gasteiger partial charge in [-0.3, -0.25) is 4.79 Å². The molecule has 19 heavy (non-hydrogen) atoms. The van der Waals surface area contributed by atoms with E-state index in [1.165, 1.54) is 0 Å². The van der Waals surface area contributed by atoms with Gasteiger partial charge in [0.1, 0.15) is 5.75 Å². The van der Waals surface area contributed by atoms with Crippen molar-refractivity contribution in [1.82, 2.24) is 4.90 Å². The minimum atomic E-state index is -0.885. The molecule has 0 saturated heterocycles. The summed E-state index contributed by atoms with van der Waals surface area (Å²) in [6, 6.07) is 7.46. The van der Waals surface area contributed by atoms with Gasteiger partial charge in [0.2, 0.25) is 5.91 Å². The molecule has 1 N–H and O–H groups in total. The van der Waals surface area contributed by atoms with Crippen LogP contribution in [0.25, 0.3) is 0 Å². The number of hydrogen-bond acceptors (Lipinski definition) is 3. The monoisotopic (exact) mass is 265 g/mol. The lowest BCUT2D eigenvalue weighted by atomic mass is 9.99. The second-order valence-corrected chi connectivity index (χ2v) is 5.50. The van der Waals surface area contributed by atoms with Gasteiger partial charge in [0.05, 0.1) is 18.6 Å². The van der Waals surface area contributed by atoms with Crippen LogP contribution in [0.2, 0.25) is 0 Å². The average molecular weight is 265 g/mol. The van der Waals surface area contributed by atoms with Crippen LogP contribution in [0.4, 0.5) is 0 Å². The maximum Gasteiger partial charge on any atom is 0.229 e. The van der Waals surface area contributed by atoms with Crippen molar-refractivity contribution in [1.29, 1.82) is 0 Å². The lowest BCUT2D eigenvalue weighted by Crippen LogP contribution is -2.41. The van der Waals surface area contributed by atoms with Crippen LogP contribution in [-0.4, -0.2) is 42.2 Å². The number of rotatable bonds is 5. The Morgan fingerprint density at radius 1 is 1.37 bits per heavy atom. The Balaban J connectivity index is 2.75. The number of likely N-dealkylation sites (N-methyl/N-ethyl adjacent to an activating group) is 1. The number of carbonyl (C=O) groups excluding carboxylic acids is 1. The van der Waals surface area contributed by atoms with Crippen LogP contribution in [0.1, 0.15) is 32.3 Å². The molecule has 4 nitrogen and oxygen atoms in total. The van der Waals surface area contributed by atoms with Gasteiger partial charge in [-0.05, 0) is 38.5 Å². The molecular formula is C15H23NO3. The van der Waals surface area contributed by atoms with Crippen LogP contribution >= 0.6 is 0 Å². The smallest absolute Gasteiger partial charge is 0.229 e. The summed E-state index contributed by atoms with van der Waals surface area (Å²) >= 11 is 0. The van der Waals surface area contributed by atoms with Crippen LogP contribution in [0.3, 0.4) is 0 Å². The van der Waals surface area contributed by atoms with E-state index < -0.39 is 5.60 Å². The summed E-state index contributed by atoms with van der Waals surface area (Å²) < 4.78 is 5.09. The minimum absolute atomic E-state index is 0.00714. The van der Waals surface area contributed by atoms with Crippen LogP contribution in [0, 0.1) is 0 Å². The Morgan fingerprint density at radius 3 is 2.32 bits per heavy atom. The van der Waals surface area contributed by atoms with Crippen molar-refractivity contribution in [2.75, 3.05) is 20.7 Å². The highest BCUT2D eigenvalue weighted by molar-refractivity contribution is 5.83. The van der Waals surface area contributed by atoms with Gasteiger partial charge in [-0.25, -0.2) is 0 Å². The third-order valence-electron chi connectivity index (χ3n) is 2.99. The Labute approximate surface area is 115 Å². The number of methoxy groups -OCH3 is 1. The van der Waals surface area contributed by atoms with Crippen molar-refractivity contribution < 1.29 is 14.6 Å². The summed E-state index contributed by atoms with van der Waals surface area (Å²) in [5, 5.41) is 9.75.